The van der Waals surface area contributed by atoms with Crippen molar-refractivity contribution in [2.24, 2.45) is 5.41 Å². The van der Waals surface area contributed by atoms with Gasteiger partial charge < -0.3 is 15.3 Å². The number of carboxylic acids is 1. The highest BCUT2D eigenvalue weighted by atomic mass is 16.4. The van der Waals surface area contributed by atoms with Crippen molar-refractivity contribution in [2.75, 3.05) is 23.3 Å². The average Bonchev–Trinajstić information content (AvgIpc) is 2.85. The number of nitrogens with one attached hydrogen (secondary N) is 2. The third-order valence-corrected chi connectivity index (χ3v) is 7.56. The van der Waals surface area contributed by atoms with Crippen LogP contribution in [0.5, 0.6) is 0 Å². The van der Waals surface area contributed by atoms with E-state index in [4.69, 9.17) is 4.98 Å². The Kier molecular flexibility index (Phi) is 6.40. The zero-order valence-electron chi connectivity index (χ0n) is 20.1. The molecule has 0 radical (unpaired) electrons. The Bertz CT molecular complexity index is 1260. The lowest BCUT2D eigenvalue weighted by Crippen LogP contribution is -2.31. The third-order valence-electron chi connectivity index (χ3n) is 7.56. The van der Waals surface area contributed by atoms with Gasteiger partial charge in [0.2, 0.25) is 5.95 Å². The monoisotopic (exact) mass is 476 g/mol. The van der Waals surface area contributed by atoms with Crippen molar-refractivity contribution >= 4 is 34.3 Å². The predicted octanol–water partition coefficient (Wildman–Crippen LogP) is 4.59. The van der Waals surface area contributed by atoms with Crippen molar-refractivity contribution in [3.8, 4) is 0 Å². The number of fused-ring (bicyclic) bond motifs is 1. The molecular formula is C26H32N6O3. The van der Waals surface area contributed by atoms with Gasteiger partial charge in [0, 0.05) is 18.8 Å². The minimum atomic E-state index is -0.711. The molecule has 1 saturated carbocycles. The molecule has 0 amide bonds. The van der Waals surface area contributed by atoms with Crippen LogP contribution in [0.4, 0.5) is 17.5 Å². The van der Waals surface area contributed by atoms with Crippen molar-refractivity contribution in [3.63, 3.8) is 0 Å². The largest absolute Gasteiger partial charge is 0.481 e. The Morgan fingerprint density at radius 1 is 1.14 bits per heavy atom. The molecule has 9 nitrogen and oxygen atoms in total. The summed E-state index contributed by atoms with van der Waals surface area (Å²) in [5, 5.41) is 19.4. The first-order valence-corrected chi connectivity index (χ1v) is 12.5. The zero-order valence-corrected chi connectivity index (χ0v) is 20.1. The number of aromatic nitrogens is 4. The average molecular weight is 477 g/mol. The third kappa shape index (κ3) is 5.13. The molecule has 3 aromatic rings. The van der Waals surface area contributed by atoms with Gasteiger partial charge in [-0.1, -0.05) is 19.1 Å². The standard InChI is InChI=1S/C26H32N6O3/c1-26(15-21(33)34)11-9-18(10-12-26)17-5-7-19(8-6-17)28-23-22-20(16-27-31-24(22)35)29-25(30-23)32-13-3-2-4-14-32/h5-8,16,18H,2-4,9-15H2,1H3,(H,31,35)(H,33,34)(H,28,29,30). The molecule has 1 aliphatic carbocycles. The maximum Gasteiger partial charge on any atom is 0.303 e. The van der Waals surface area contributed by atoms with Crippen molar-refractivity contribution in [1.29, 1.82) is 0 Å². The van der Waals surface area contributed by atoms with Crippen LogP contribution < -0.4 is 15.8 Å². The molecule has 0 unspecified atom stereocenters. The number of aromatic amines is 1. The molecule has 2 aliphatic rings. The van der Waals surface area contributed by atoms with Crippen LogP contribution in [0, 0.1) is 5.41 Å². The molecule has 1 saturated heterocycles. The number of carbonyl (C=O) groups is 1. The second-order valence-electron chi connectivity index (χ2n) is 10.3. The number of hydrogen-bond donors (Lipinski definition) is 3. The van der Waals surface area contributed by atoms with Gasteiger partial charge in [-0.15, -0.1) is 0 Å². The lowest BCUT2D eigenvalue weighted by Gasteiger charge is -2.36. The lowest BCUT2D eigenvalue weighted by atomic mass is 9.68. The van der Waals surface area contributed by atoms with Crippen molar-refractivity contribution in [1.82, 2.24) is 20.2 Å². The van der Waals surface area contributed by atoms with Gasteiger partial charge in [-0.3, -0.25) is 9.59 Å². The highest BCUT2D eigenvalue weighted by Gasteiger charge is 2.33. The first-order valence-electron chi connectivity index (χ1n) is 12.5. The van der Waals surface area contributed by atoms with E-state index in [1.54, 1.807) is 6.20 Å². The van der Waals surface area contributed by atoms with Gasteiger partial charge in [-0.2, -0.15) is 10.1 Å². The van der Waals surface area contributed by atoms with Gasteiger partial charge in [-0.05, 0) is 74.0 Å². The summed E-state index contributed by atoms with van der Waals surface area (Å²) in [6.07, 6.45) is 9.07. The highest BCUT2D eigenvalue weighted by molar-refractivity contribution is 5.90. The summed E-state index contributed by atoms with van der Waals surface area (Å²) in [6.45, 7) is 3.90. The van der Waals surface area contributed by atoms with Gasteiger partial charge in [0.15, 0.2) is 0 Å². The number of hydrogen-bond acceptors (Lipinski definition) is 7. The summed E-state index contributed by atoms with van der Waals surface area (Å²) >= 11 is 0. The minimum absolute atomic E-state index is 0.105. The van der Waals surface area contributed by atoms with Crippen molar-refractivity contribution in [2.45, 2.75) is 64.2 Å². The smallest absolute Gasteiger partial charge is 0.303 e. The highest BCUT2D eigenvalue weighted by Crippen LogP contribution is 2.45. The maximum absolute atomic E-state index is 12.6. The molecule has 184 valence electrons. The fraction of sp³-hybridized carbons (Fsp3) is 0.500. The van der Waals surface area contributed by atoms with E-state index < -0.39 is 5.97 Å². The van der Waals surface area contributed by atoms with Gasteiger partial charge in [0.05, 0.1) is 12.6 Å². The summed E-state index contributed by atoms with van der Waals surface area (Å²) in [5.41, 5.74) is 2.21. The van der Waals surface area contributed by atoms with Gasteiger partial charge >= 0.3 is 5.97 Å². The Balaban J connectivity index is 1.36. The number of nitrogens with zero attached hydrogens (tertiary/aromatic N) is 4. The fourth-order valence-corrected chi connectivity index (χ4v) is 5.48. The number of piperidine rings is 1. The van der Waals surface area contributed by atoms with E-state index in [2.05, 4.69) is 44.5 Å². The molecule has 35 heavy (non-hydrogen) atoms. The van der Waals surface area contributed by atoms with Crippen LogP contribution in [0.1, 0.15) is 69.8 Å². The summed E-state index contributed by atoms with van der Waals surface area (Å²) in [4.78, 5) is 35.3. The van der Waals surface area contributed by atoms with Crippen LogP contribution in [-0.2, 0) is 4.79 Å². The van der Waals surface area contributed by atoms with E-state index in [1.807, 2.05) is 12.1 Å². The molecule has 0 atom stereocenters. The molecule has 1 aliphatic heterocycles. The van der Waals surface area contributed by atoms with E-state index in [1.165, 1.54) is 12.0 Å². The Hall–Kier alpha value is -3.49. The molecule has 5 rings (SSSR count). The topological polar surface area (TPSA) is 124 Å². The second kappa shape index (κ2) is 9.64. The van der Waals surface area contributed by atoms with Crippen LogP contribution in [0.15, 0.2) is 35.3 Å². The number of H-pyrrole nitrogens is 1. The number of carboxylic acid groups (broad SMARTS) is 1. The summed E-state index contributed by atoms with van der Waals surface area (Å²) in [5.74, 6) is 0.825. The number of rotatable bonds is 6. The molecule has 3 N–H and O–H groups in total. The summed E-state index contributed by atoms with van der Waals surface area (Å²) < 4.78 is 0. The van der Waals surface area contributed by atoms with E-state index in [0.717, 1.165) is 57.3 Å². The Morgan fingerprint density at radius 2 is 1.86 bits per heavy atom. The van der Waals surface area contributed by atoms with Crippen molar-refractivity contribution < 1.29 is 9.90 Å². The van der Waals surface area contributed by atoms with E-state index >= 15 is 0 Å². The second-order valence-corrected chi connectivity index (χ2v) is 10.3. The SMILES string of the molecule is CC1(CC(=O)O)CCC(c2ccc(Nc3nc(N4CCCCC4)nc4cn[nH]c(=O)c34)cc2)CC1. The van der Waals surface area contributed by atoms with E-state index in [0.29, 0.717) is 28.6 Å². The van der Waals surface area contributed by atoms with Crippen LogP contribution >= 0.6 is 0 Å². The number of benzene rings is 1. The maximum atomic E-state index is 12.6. The first kappa shape index (κ1) is 23.3. The molecule has 9 heteroatoms. The quantitative estimate of drug-likeness (QED) is 0.472. The molecule has 3 heterocycles. The number of anilines is 3. The van der Waals surface area contributed by atoms with E-state index in [9.17, 15) is 14.7 Å². The molecule has 1 aromatic carbocycles. The van der Waals surface area contributed by atoms with Crippen LogP contribution in [0.25, 0.3) is 10.9 Å². The lowest BCUT2D eigenvalue weighted by molar-refractivity contribution is -0.140. The summed E-state index contributed by atoms with van der Waals surface area (Å²) in [6, 6.07) is 8.27. The molecule has 2 aromatic heterocycles. The molecule has 0 bridgehead atoms. The van der Waals surface area contributed by atoms with Gasteiger partial charge in [0.25, 0.3) is 5.56 Å². The van der Waals surface area contributed by atoms with E-state index in [-0.39, 0.29) is 17.4 Å². The Morgan fingerprint density at radius 3 is 2.54 bits per heavy atom. The van der Waals surface area contributed by atoms with Crippen LogP contribution in [0.2, 0.25) is 0 Å². The molecule has 2 fully saturated rings. The van der Waals surface area contributed by atoms with Gasteiger partial charge in [-0.25, -0.2) is 10.1 Å². The normalized spacial score (nSPS) is 22.8. The van der Waals surface area contributed by atoms with Crippen LogP contribution in [0.3, 0.4) is 0 Å². The molecule has 0 spiro atoms. The zero-order chi connectivity index (χ0) is 24.4. The van der Waals surface area contributed by atoms with Gasteiger partial charge in [0.1, 0.15) is 16.7 Å². The Labute approximate surface area is 204 Å². The molecular weight excluding hydrogens is 444 g/mol. The van der Waals surface area contributed by atoms with Crippen LogP contribution in [-0.4, -0.2) is 44.3 Å². The van der Waals surface area contributed by atoms with Crippen molar-refractivity contribution in [3.05, 3.63) is 46.4 Å². The number of aliphatic carboxylic acids is 1. The minimum Gasteiger partial charge on any atom is -0.481 e. The predicted molar refractivity (Wildman–Crippen MR) is 135 cm³/mol. The first-order chi connectivity index (χ1) is 16.9. The summed E-state index contributed by atoms with van der Waals surface area (Å²) in [7, 11) is 0. The fourth-order valence-electron chi connectivity index (χ4n) is 5.48.